The van der Waals surface area contributed by atoms with Gasteiger partial charge in [0.2, 0.25) is 0 Å². The Kier molecular flexibility index (Phi) is 5.20. The second-order valence-electron chi connectivity index (χ2n) is 5.86. The fourth-order valence-corrected chi connectivity index (χ4v) is 2.96. The Hall–Kier alpha value is -3.00. The lowest BCUT2D eigenvalue weighted by Gasteiger charge is -2.35. The molecule has 1 N–H and O–H groups in total. The van der Waals surface area contributed by atoms with E-state index in [4.69, 9.17) is 4.74 Å². The molecule has 0 aliphatic heterocycles. The third-order valence-corrected chi connectivity index (χ3v) is 4.27. The molecule has 0 fully saturated rings. The van der Waals surface area contributed by atoms with Crippen LogP contribution in [0.15, 0.2) is 103 Å². The van der Waals surface area contributed by atoms with E-state index >= 15 is 0 Å². The van der Waals surface area contributed by atoms with Gasteiger partial charge in [-0.2, -0.15) is 0 Å². The van der Waals surface area contributed by atoms with E-state index in [1.807, 2.05) is 61.5 Å². The van der Waals surface area contributed by atoms with E-state index in [-0.39, 0.29) is 5.76 Å². The summed E-state index contributed by atoms with van der Waals surface area (Å²) in [6.45, 7) is 1.89. The fraction of sp³-hybridized carbons (Fsp3) is 0.130. The van der Waals surface area contributed by atoms with Crippen LogP contribution in [0.4, 0.5) is 0 Å². The molecule has 0 saturated heterocycles. The Labute approximate surface area is 149 Å². The molecule has 3 rings (SSSR count). The van der Waals surface area contributed by atoms with Gasteiger partial charge in [-0.05, 0) is 0 Å². The lowest BCUT2D eigenvalue weighted by Crippen LogP contribution is -2.31. The van der Waals surface area contributed by atoms with Gasteiger partial charge in [-0.1, -0.05) is 97.9 Å². The molecule has 0 saturated carbocycles. The van der Waals surface area contributed by atoms with Crippen LogP contribution in [0.25, 0.3) is 0 Å². The zero-order chi connectivity index (χ0) is 17.5. The Morgan fingerprint density at radius 1 is 0.760 bits per heavy atom. The number of benzene rings is 3. The van der Waals surface area contributed by atoms with E-state index in [2.05, 4.69) is 36.4 Å². The topological polar surface area (TPSA) is 29.5 Å². The Morgan fingerprint density at radius 3 is 1.44 bits per heavy atom. The molecule has 0 aromatic heterocycles. The summed E-state index contributed by atoms with van der Waals surface area (Å²) in [7, 11) is 0. The Balaban J connectivity index is 2.27. The van der Waals surface area contributed by atoms with Gasteiger partial charge in [0, 0.05) is 23.1 Å². The molecule has 0 spiro atoms. The summed E-state index contributed by atoms with van der Waals surface area (Å²) in [5.74, 6) is 0.215. The summed E-state index contributed by atoms with van der Waals surface area (Å²) in [6, 6.07) is 30.3. The highest BCUT2D eigenvalue weighted by Gasteiger charge is 2.37. The Bertz CT molecular complexity index is 712. The molecule has 25 heavy (non-hydrogen) atoms. The Morgan fingerprint density at radius 2 is 1.12 bits per heavy atom. The molecule has 0 heterocycles. The number of hydrogen-bond donors (Lipinski definition) is 1. The maximum Gasteiger partial charge on any atom is 0.183 e. The van der Waals surface area contributed by atoms with Crippen molar-refractivity contribution in [3.05, 3.63) is 120 Å². The van der Waals surface area contributed by atoms with Crippen LogP contribution in [0, 0.1) is 0 Å². The van der Waals surface area contributed by atoms with Gasteiger partial charge in [0.15, 0.2) is 5.60 Å². The van der Waals surface area contributed by atoms with Crippen molar-refractivity contribution in [2.24, 2.45) is 0 Å². The van der Waals surface area contributed by atoms with E-state index in [0.29, 0.717) is 6.42 Å². The first-order valence-electron chi connectivity index (χ1n) is 8.49. The molecule has 0 radical (unpaired) electrons. The lowest BCUT2D eigenvalue weighted by atomic mass is 9.80. The number of aliphatic hydroxyl groups excluding tert-OH is 1. The van der Waals surface area contributed by atoms with Gasteiger partial charge in [0.05, 0.1) is 0 Å². The first-order valence-corrected chi connectivity index (χ1v) is 8.49. The molecule has 0 atom stereocenters. The van der Waals surface area contributed by atoms with Crippen LogP contribution in [0.5, 0.6) is 0 Å². The molecule has 0 aliphatic rings. The average molecular weight is 330 g/mol. The van der Waals surface area contributed by atoms with Crippen LogP contribution in [0.1, 0.15) is 30.0 Å². The highest BCUT2D eigenvalue weighted by Crippen LogP contribution is 2.40. The molecular formula is C23H22O2. The van der Waals surface area contributed by atoms with Crippen LogP contribution >= 0.6 is 0 Å². The summed E-state index contributed by atoms with van der Waals surface area (Å²) in [5, 5.41) is 10.00. The average Bonchev–Trinajstić information content (AvgIpc) is 2.71. The van der Waals surface area contributed by atoms with Gasteiger partial charge in [0.25, 0.3) is 0 Å². The third kappa shape index (κ3) is 3.43. The van der Waals surface area contributed by atoms with Crippen molar-refractivity contribution in [2.75, 3.05) is 0 Å². The lowest BCUT2D eigenvalue weighted by molar-refractivity contribution is 0.0889. The second kappa shape index (κ2) is 7.71. The summed E-state index contributed by atoms with van der Waals surface area (Å²) in [4.78, 5) is 0. The monoisotopic (exact) mass is 330 g/mol. The molecular weight excluding hydrogens is 308 g/mol. The van der Waals surface area contributed by atoms with E-state index in [0.717, 1.165) is 16.7 Å². The first-order chi connectivity index (χ1) is 12.3. The van der Waals surface area contributed by atoms with Crippen LogP contribution in [0.2, 0.25) is 0 Å². The summed E-state index contributed by atoms with van der Waals surface area (Å²) in [5.41, 5.74) is 2.19. The molecule has 0 bridgehead atoms. The number of hydrogen-bond acceptors (Lipinski definition) is 2. The number of allylic oxidation sites excluding steroid dienone is 1. The van der Waals surface area contributed by atoms with Crippen LogP contribution in [-0.2, 0) is 10.3 Å². The van der Waals surface area contributed by atoms with E-state index < -0.39 is 5.60 Å². The van der Waals surface area contributed by atoms with Gasteiger partial charge in [-0.25, -0.2) is 0 Å². The molecule has 0 unspecified atom stereocenters. The maximum atomic E-state index is 10.00. The summed E-state index contributed by atoms with van der Waals surface area (Å²) in [6.07, 6.45) is 1.99. The zero-order valence-electron chi connectivity index (χ0n) is 14.3. The van der Waals surface area contributed by atoms with E-state index in [1.54, 1.807) is 0 Å². The number of rotatable bonds is 6. The van der Waals surface area contributed by atoms with Crippen LogP contribution in [-0.4, -0.2) is 5.11 Å². The van der Waals surface area contributed by atoms with Crippen molar-refractivity contribution < 1.29 is 9.84 Å². The van der Waals surface area contributed by atoms with Crippen molar-refractivity contribution in [3.63, 3.8) is 0 Å². The smallest absolute Gasteiger partial charge is 0.183 e. The van der Waals surface area contributed by atoms with Crippen LogP contribution < -0.4 is 0 Å². The molecule has 3 aromatic carbocycles. The van der Waals surface area contributed by atoms with Gasteiger partial charge < -0.3 is 9.84 Å². The molecule has 0 aliphatic carbocycles. The van der Waals surface area contributed by atoms with Gasteiger partial charge in [-0.15, -0.1) is 0 Å². The summed E-state index contributed by atoms with van der Waals surface area (Å²) < 4.78 is 6.33. The van der Waals surface area contributed by atoms with Gasteiger partial charge in [-0.3, -0.25) is 0 Å². The molecule has 126 valence electrons. The van der Waals surface area contributed by atoms with Crippen LogP contribution in [0.3, 0.4) is 0 Å². The number of ether oxygens (including phenoxy) is 1. The van der Waals surface area contributed by atoms with Crippen molar-refractivity contribution in [1.29, 1.82) is 0 Å². The van der Waals surface area contributed by atoms with Gasteiger partial charge in [0.1, 0.15) is 12.0 Å². The fourth-order valence-electron chi connectivity index (χ4n) is 2.96. The first kappa shape index (κ1) is 16.8. The zero-order valence-corrected chi connectivity index (χ0v) is 14.3. The van der Waals surface area contributed by atoms with Crippen molar-refractivity contribution in [1.82, 2.24) is 0 Å². The minimum absolute atomic E-state index is 0.215. The maximum absolute atomic E-state index is 10.00. The largest absolute Gasteiger partial charge is 0.509 e. The number of aliphatic hydroxyl groups is 1. The van der Waals surface area contributed by atoms with E-state index in [9.17, 15) is 5.11 Å². The second-order valence-corrected chi connectivity index (χ2v) is 5.86. The predicted molar refractivity (Wildman–Crippen MR) is 101 cm³/mol. The minimum Gasteiger partial charge on any atom is -0.509 e. The molecule has 2 heteroatoms. The molecule has 3 aromatic rings. The van der Waals surface area contributed by atoms with E-state index in [1.165, 1.54) is 6.26 Å². The highest BCUT2D eigenvalue weighted by molar-refractivity contribution is 5.47. The van der Waals surface area contributed by atoms with Crippen molar-refractivity contribution in [2.45, 2.75) is 18.9 Å². The minimum atomic E-state index is -0.826. The molecule has 0 amide bonds. The SMILES string of the molecule is CC/C(O)=C/OC(c1ccccc1)(c1ccccc1)c1ccccc1. The molecule has 2 nitrogen and oxygen atoms in total. The summed E-state index contributed by atoms with van der Waals surface area (Å²) >= 11 is 0. The van der Waals surface area contributed by atoms with Crippen molar-refractivity contribution >= 4 is 0 Å². The third-order valence-electron chi connectivity index (χ3n) is 4.27. The van der Waals surface area contributed by atoms with Crippen molar-refractivity contribution in [3.8, 4) is 0 Å². The van der Waals surface area contributed by atoms with Gasteiger partial charge >= 0.3 is 0 Å². The quantitative estimate of drug-likeness (QED) is 0.457. The highest BCUT2D eigenvalue weighted by atomic mass is 16.5. The standard InChI is InChI=1S/C23H22O2/c1-2-22(24)18-25-23(19-12-6-3-7-13-19,20-14-8-4-9-15-20)21-16-10-5-11-17-21/h3-18,24H,2H2,1H3/b22-18-. The normalized spacial score (nSPS) is 12.0. The predicted octanol–water partition coefficient (Wildman–Crippen LogP) is 5.80.